The van der Waals surface area contributed by atoms with Crippen molar-refractivity contribution in [2.75, 3.05) is 0 Å². The lowest BCUT2D eigenvalue weighted by molar-refractivity contribution is 1.02. The van der Waals surface area contributed by atoms with E-state index in [2.05, 4.69) is 63.5 Å². The Labute approximate surface area is 148 Å². The molecule has 0 aliphatic carbocycles. The van der Waals surface area contributed by atoms with Gasteiger partial charge in [0.05, 0.1) is 5.52 Å². The van der Waals surface area contributed by atoms with Gasteiger partial charge in [0.1, 0.15) is 0 Å². The average Bonchev–Trinajstić information content (AvgIpc) is 2.62. The maximum atomic E-state index is 4.68. The molecule has 0 saturated carbocycles. The molecule has 2 aromatic rings. The average molecular weight is 324 g/mol. The van der Waals surface area contributed by atoms with Crippen molar-refractivity contribution in [1.29, 1.82) is 0 Å². The zero-order valence-electron chi connectivity index (χ0n) is 16.4. The lowest BCUT2D eigenvalue weighted by Gasteiger charge is -2.14. The summed E-state index contributed by atoms with van der Waals surface area (Å²) in [6.45, 7) is 16.6. The Kier molecular flexibility index (Phi) is 8.46. The van der Waals surface area contributed by atoms with E-state index >= 15 is 0 Å². The van der Waals surface area contributed by atoms with E-state index in [1.165, 1.54) is 27.7 Å². The molecule has 2 rings (SSSR count). The molecule has 1 heteroatoms. The summed E-state index contributed by atoms with van der Waals surface area (Å²) in [5.41, 5.74) is 7.88. The van der Waals surface area contributed by atoms with Crippen molar-refractivity contribution in [3.63, 3.8) is 0 Å². The first-order valence-electron chi connectivity index (χ1n) is 9.30. The molecule has 0 bridgehead atoms. The fourth-order valence-corrected chi connectivity index (χ4v) is 2.99. The molecule has 0 fully saturated rings. The van der Waals surface area contributed by atoms with Crippen LogP contribution in [0.15, 0.2) is 42.5 Å². The first-order valence-corrected chi connectivity index (χ1v) is 9.30. The number of pyridine rings is 1. The van der Waals surface area contributed by atoms with Crippen molar-refractivity contribution in [3.8, 4) is 0 Å². The Morgan fingerprint density at radius 1 is 1.17 bits per heavy atom. The van der Waals surface area contributed by atoms with Gasteiger partial charge < -0.3 is 0 Å². The minimum Gasteiger partial charge on any atom is -0.253 e. The van der Waals surface area contributed by atoms with Gasteiger partial charge in [-0.1, -0.05) is 45.4 Å². The summed E-state index contributed by atoms with van der Waals surface area (Å²) < 4.78 is 0. The van der Waals surface area contributed by atoms with Gasteiger partial charge in [0.15, 0.2) is 0 Å². The molecule has 1 heterocycles. The van der Waals surface area contributed by atoms with Gasteiger partial charge in [-0.15, -0.1) is 6.58 Å². The molecule has 0 N–H and O–H groups in total. The molecular weight excluding hydrogens is 290 g/mol. The number of hydrogen-bond acceptors (Lipinski definition) is 1. The smallest absolute Gasteiger partial charge is 0.0708 e. The summed E-state index contributed by atoms with van der Waals surface area (Å²) in [5.74, 6) is 0. The maximum Gasteiger partial charge on any atom is 0.0708 e. The van der Waals surface area contributed by atoms with Gasteiger partial charge in [-0.3, -0.25) is 4.98 Å². The fraction of sp³-hybridized carbons (Fsp3) is 0.435. The highest BCUT2D eigenvalue weighted by atomic mass is 14.7. The van der Waals surface area contributed by atoms with Gasteiger partial charge >= 0.3 is 0 Å². The van der Waals surface area contributed by atoms with Crippen LogP contribution in [0.1, 0.15) is 70.7 Å². The number of fused-ring (bicyclic) bond motifs is 1. The van der Waals surface area contributed by atoms with Gasteiger partial charge in [0.25, 0.3) is 0 Å². The maximum absolute atomic E-state index is 4.68. The lowest BCUT2D eigenvalue weighted by Crippen LogP contribution is -1.94. The topological polar surface area (TPSA) is 12.9 Å². The molecule has 0 spiro atoms. The molecule has 0 unspecified atom stereocenters. The van der Waals surface area contributed by atoms with Crippen LogP contribution in [0.4, 0.5) is 0 Å². The molecule has 0 radical (unpaired) electrons. The molecule has 0 amide bonds. The second-order valence-electron chi connectivity index (χ2n) is 5.95. The highest BCUT2D eigenvalue weighted by molar-refractivity contribution is 5.86. The predicted octanol–water partition coefficient (Wildman–Crippen LogP) is 7.28. The van der Waals surface area contributed by atoms with Crippen LogP contribution in [0.25, 0.3) is 16.5 Å². The van der Waals surface area contributed by atoms with Gasteiger partial charge in [-0.05, 0) is 74.4 Å². The van der Waals surface area contributed by atoms with E-state index in [1.807, 2.05) is 19.9 Å². The van der Waals surface area contributed by atoms with Gasteiger partial charge in [-0.25, -0.2) is 0 Å². The Bertz CT molecular complexity index is 707. The van der Waals surface area contributed by atoms with Crippen molar-refractivity contribution in [2.24, 2.45) is 0 Å². The van der Waals surface area contributed by atoms with Gasteiger partial charge in [-0.2, -0.15) is 0 Å². The largest absolute Gasteiger partial charge is 0.253 e. The van der Waals surface area contributed by atoms with Crippen LogP contribution in [0.3, 0.4) is 0 Å². The number of hydrogen-bond donors (Lipinski definition) is 0. The first-order chi connectivity index (χ1) is 11.6. The zero-order chi connectivity index (χ0) is 18.1. The number of aryl methyl sites for hydroxylation is 2. The first kappa shape index (κ1) is 20.2. The number of aromatic nitrogens is 1. The molecule has 0 aliphatic rings. The van der Waals surface area contributed by atoms with E-state index in [4.69, 9.17) is 0 Å². The van der Waals surface area contributed by atoms with Crippen molar-refractivity contribution in [2.45, 2.75) is 67.2 Å². The van der Waals surface area contributed by atoms with Crippen LogP contribution in [0, 0.1) is 6.92 Å². The van der Waals surface area contributed by atoms with Crippen molar-refractivity contribution < 1.29 is 0 Å². The van der Waals surface area contributed by atoms with Crippen LogP contribution < -0.4 is 0 Å². The summed E-state index contributed by atoms with van der Waals surface area (Å²) in [5, 5.41) is 1.30. The molecule has 0 saturated heterocycles. The third-order valence-corrected chi connectivity index (χ3v) is 4.40. The molecule has 1 nitrogen and oxygen atoms in total. The number of allylic oxidation sites excluding steroid dienone is 3. The summed E-state index contributed by atoms with van der Waals surface area (Å²) in [6, 6.07) is 8.95. The summed E-state index contributed by atoms with van der Waals surface area (Å²) in [4.78, 5) is 4.68. The molecule has 130 valence electrons. The molecular formula is C23H33N. The third kappa shape index (κ3) is 4.80. The van der Waals surface area contributed by atoms with Crippen LogP contribution >= 0.6 is 0 Å². The minimum atomic E-state index is 1.03. The standard InChI is InChI=1S/C21H27N.C2H6/c1-6-9-10-19(15(4)7-2)18-11-12-21-20(14-18)17(8-3)13-16(5)22-21;1-2/h6,11-14H,1,7-10H2,2-5H3;1-2H3/b19-15+;. The predicted molar refractivity (Wildman–Crippen MR) is 110 cm³/mol. The summed E-state index contributed by atoms with van der Waals surface area (Å²) >= 11 is 0. The zero-order valence-corrected chi connectivity index (χ0v) is 16.4. The van der Waals surface area contributed by atoms with Crippen molar-refractivity contribution in [3.05, 3.63) is 59.3 Å². The number of nitrogens with zero attached hydrogens (tertiary/aromatic N) is 1. The Balaban J connectivity index is 0.00000139. The second-order valence-corrected chi connectivity index (χ2v) is 5.95. The molecule has 0 atom stereocenters. The normalized spacial score (nSPS) is 11.6. The van der Waals surface area contributed by atoms with Crippen LogP contribution in [0.5, 0.6) is 0 Å². The quantitative estimate of drug-likeness (QED) is 0.509. The van der Waals surface area contributed by atoms with Crippen LogP contribution in [-0.4, -0.2) is 4.98 Å². The Morgan fingerprint density at radius 3 is 2.46 bits per heavy atom. The van der Waals surface area contributed by atoms with E-state index in [9.17, 15) is 0 Å². The van der Waals surface area contributed by atoms with E-state index in [1.54, 1.807) is 0 Å². The van der Waals surface area contributed by atoms with Crippen LogP contribution in [0.2, 0.25) is 0 Å². The molecule has 1 aromatic carbocycles. The SMILES string of the molecule is C=CCC/C(=C(/C)CC)c1ccc2nc(C)cc(CC)c2c1.CC. The highest BCUT2D eigenvalue weighted by Crippen LogP contribution is 2.29. The van der Waals surface area contributed by atoms with E-state index in [-0.39, 0.29) is 0 Å². The lowest BCUT2D eigenvalue weighted by atomic mass is 9.93. The highest BCUT2D eigenvalue weighted by Gasteiger charge is 2.09. The fourth-order valence-electron chi connectivity index (χ4n) is 2.99. The number of rotatable bonds is 6. The van der Waals surface area contributed by atoms with Gasteiger partial charge in [0, 0.05) is 11.1 Å². The Morgan fingerprint density at radius 2 is 1.88 bits per heavy atom. The molecule has 24 heavy (non-hydrogen) atoms. The Hall–Kier alpha value is -1.89. The third-order valence-electron chi connectivity index (χ3n) is 4.40. The monoisotopic (exact) mass is 323 g/mol. The van der Waals surface area contributed by atoms with Crippen molar-refractivity contribution in [1.82, 2.24) is 4.98 Å². The van der Waals surface area contributed by atoms with Gasteiger partial charge in [0.2, 0.25) is 0 Å². The van der Waals surface area contributed by atoms with E-state index in [0.717, 1.165) is 36.9 Å². The van der Waals surface area contributed by atoms with E-state index in [0.29, 0.717) is 0 Å². The molecule has 0 aliphatic heterocycles. The molecule has 1 aromatic heterocycles. The van der Waals surface area contributed by atoms with E-state index < -0.39 is 0 Å². The summed E-state index contributed by atoms with van der Waals surface area (Å²) in [7, 11) is 0. The summed E-state index contributed by atoms with van der Waals surface area (Å²) in [6.07, 6.45) is 6.23. The number of benzene rings is 1. The minimum absolute atomic E-state index is 1.03. The second kappa shape index (κ2) is 10.1. The van der Waals surface area contributed by atoms with Crippen molar-refractivity contribution >= 4 is 16.5 Å². The van der Waals surface area contributed by atoms with Crippen LogP contribution in [-0.2, 0) is 6.42 Å².